The van der Waals surface area contributed by atoms with Gasteiger partial charge in [-0.15, -0.1) is 0 Å². The molecule has 0 heterocycles. The van der Waals surface area contributed by atoms with Crippen LogP contribution < -0.4 is 4.74 Å². The van der Waals surface area contributed by atoms with E-state index >= 15 is 0 Å². The van der Waals surface area contributed by atoms with Gasteiger partial charge < -0.3 is 9.47 Å². The van der Waals surface area contributed by atoms with Crippen molar-refractivity contribution >= 4 is 0 Å². The molecule has 0 aromatic heterocycles. The maximum Gasteiger partial charge on any atom is 0.181 e. The second-order valence-corrected chi connectivity index (χ2v) is 2.97. The topological polar surface area (TPSA) is 38.4 Å². The maximum absolute atomic E-state index is 11.1. The molecule has 3 heteroatoms. The van der Waals surface area contributed by atoms with Crippen molar-refractivity contribution in [2.45, 2.75) is 13.8 Å². The van der Waals surface area contributed by atoms with Gasteiger partial charge in [0.15, 0.2) is 5.75 Å². The van der Waals surface area contributed by atoms with Crippen LogP contribution in [0.25, 0.3) is 0 Å². The molecule has 3 nitrogen and oxygen atoms in total. The predicted molar refractivity (Wildman–Crippen MR) is 53.3 cm³/mol. The molecule has 0 unspecified atom stereocenters. The summed E-state index contributed by atoms with van der Waals surface area (Å²) in [6.45, 7) is 5.51. The van der Waals surface area contributed by atoms with Crippen LogP contribution in [0.3, 0.4) is 0 Å². The molecule has 0 aliphatic heterocycles. The largest absolute Gasteiger partial charge is 0.491 e. The summed E-state index contributed by atoms with van der Waals surface area (Å²) in [5.41, 5.74) is 0.707. The summed E-state index contributed by atoms with van der Waals surface area (Å²) in [5, 5.41) is 11.1. The van der Waals surface area contributed by atoms with Crippen LogP contribution in [0.4, 0.5) is 0 Å². The summed E-state index contributed by atoms with van der Waals surface area (Å²) >= 11 is 0. The van der Waals surface area contributed by atoms with E-state index in [4.69, 9.17) is 9.47 Å². The van der Waals surface area contributed by atoms with E-state index < -0.39 is 0 Å². The van der Waals surface area contributed by atoms with E-state index in [2.05, 4.69) is 0 Å². The Morgan fingerprint density at radius 1 is 1.29 bits per heavy atom. The Bertz CT molecular complexity index is 284. The normalized spacial score (nSPS) is 10.1. The number of rotatable bonds is 5. The van der Waals surface area contributed by atoms with Crippen LogP contribution in [-0.2, 0) is 9.84 Å². The molecule has 0 amide bonds. The fraction of sp³-hybridized carbons (Fsp3) is 0.455. The highest BCUT2D eigenvalue weighted by Gasteiger charge is 2.00. The van der Waals surface area contributed by atoms with E-state index in [-0.39, 0.29) is 5.75 Å². The highest BCUT2D eigenvalue weighted by Crippen LogP contribution is 2.22. The first-order valence-electron chi connectivity index (χ1n) is 4.72. The molecular formula is C11H15O3. The molecule has 1 aromatic rings. The van der Waals surface area contributed by atoms with Crippen LogP contribution >= 0.6 is 0 Å². The molecule has 0 aliphatic carbocycles. The summed E-state index contributed by atoms with van der Waals surface area (Å²) in [5.74, 6) is 0.768. The second kappa shape index (κ2) is 5.50. The van der Waals surface area contributed by atoms with Crippen molar-refractivity contribution < 1.29 is 14.6 Å². The molecule has 0 saturated heterocycles. The lowest BCUT2D eigenvalue weighted by Crippen LogP contribution is -2.06. The van der Waals surface area contributed by atoms with E-state index in [0.717, 1.165) is 5.75 Å². The molecular weight excluding hydrogens is 180 g/mol. The molecule has 0 fully saturated rings. The van der Waals surface area contributed by atoms with Gasteiger partial charge >= 0.3 is 0 Å². The zero-order chi connectivity index (χ0) is 10.4. The van der Waals surface area contributed by atoms with Crippen LogP contribution in [0.15, 0.2) is 18.2 Å². The number of hydrogen-bond donors (Lipinski definition) is 0. The molecule has 0 saturated carbocycles. The van der Waals surface area contributed by atoms with Crippen LogP contribution in [0.1, 0.15) is 12.5 Å². The minimum atomic E-state index is 0.0437. The molecule has 1 rings (SSSR count). The summed E-state index contributed by atoms with van der Waals surface area (Å²) in [6.07, 6.45) is 0. The van der Waals surface area contributed by atoms with E-state index in [1.807, 2.05) is 6.92 Å². The van der Waals surface area contributed by atoms with Gasteiger partial charge in [0.2, 0.25) is 0 Å². The first kappa shape index (κ1) is 10.9. The van der Waals surface area contributed by atoms with Gasteiger partial charge in [-0.1, -0.05) is 0 Å². The zero-order valence-corrected chi connectivity index (χ0v) is 8.58. The first-order chi connectivity index (χ1) is 6.74. The molecule has 0 aliphatic rings. The van der Waals surface area contributed by atoms with E-state index in [1.165, 1.54) is 6.07 Å². The Hall–Kier alpha value is -1.22. The van der Waals surface area contributed by atoms with Crippen molar-refractivity contribution in [3.05, 3.63) is 23.8 Å². The first-order valence-corrected chi connectivity index (χ1v) is 4.72. The predicted octanol–water partition coefficient (Wildman–Crippen LogP) is 2.55. The molecule has 14 heavy (non-hydrogen) atoms. The van der Waals surface area contributed by atoms with Gasteiger partial charge in [-0.05, 0) is 32.0 Å². The van der Waals surface area contributed by atoms with Crippen molar-refractivity contribution in [3.63, 3.8) is 0 Å². The van der Waals surface area contributed by atoms with Gasteiger partial charge in [0.1, 0.15) is 12.4 Å². The fourth-order valence-corrected chi connectivity index (χ4v) is 1.07. The number of aryl methyl sites for hydroxylation is 1. The highest BCUT2D eigenvalue weighted by atomic mass is 16.5. The summed E-state index contributed by atoms with van der Waals surface area (Å²) in [7, 11) is 0. The Labute approximate surface area is 84.3 Å². The lowest BCUT2D eigenvalue weighted by Gasteiger charge is -2.06. The van der Waals surface area contributed by atoms with E-state index in [1.54, 1.807) is 19.1 Å². The minimum absolute atomic E-state index is 0.0437. The Morgan fingerprint density at radius 2 is 2.07 bits per heavy atom. The van der Waals surface area contributed by atoms with Crippen LogP contribution in [0.5, 0.6) is 11.5 Å². The minimum Gasteiger partial charge on any atom is -0.491 e. The molecule has 0 N–H and O–H groups in total. The van der Waals surface area contributed by atoms with Gasteiger partial charge in [0.05, 0.1) is 6.61 Å². The molecule has 0 bridgehead atoms. The van der Waals surface area contributed by atoms with Crippen molar-refractivity contribution in [2.75, 3.05) is 19.8 Å². The Morgan fingerprint density at radius 3 is 2.71 bits per heavy atom. The van der Waals surface area contributed by atoms with Gasteiger partial charge in [0, 0.05) is 12.2 Å². The standard InChI is InChI=1S/C11H15O3/c1-3-13-6-7-14-10-4-5-11(12)9(2)8-10/h4-5,8H,3,6-7H2,1-2H3. The second-order valence-electron chi connectivity index (χ2n) is 2.97. The van der Waals surface area contributed by atoms with Crippen molar-refractivity contribution in [2.24, 2.45) is 0 Å². The Kier molecular flexibility index (Phi) is 4.26. The molecule has 0 spiro atoms. The quantitative estimate of drug-likeness (QED) is 0.677. The zero-order valence-electron chi connectivity index (χ0n) is 8.58. The van der Waals surface area contributed by atoms with E-state index in [0.29, 0.717) is 25.4 Å². The third kappa shape index (κ3) is 3.26. The van der Waals surface area contributed by atoms with Crippen LogP contribution in [0, 0.1) is 6.92 Å². The molecule has 1 radical (unpaired) electrons. The van der Waals surface area contributed by atoms with E-state index in [9.17, 15) is 5.11 Å². The highest BCUT2D eigenvalue weighted by molar-refractivity contribution is 5.37. The smallest absolute Gasteiger partial charge is 0.181 e. The van der Waals surface area contributed by atoms with Gasteiger partial charge in [-0.25, -0.2) is 0 Å². The lowest BCUT2D eigenvalue weighted by atomic mass is 10.2. The number of benzene rings is 1. The average Bonchev–Trinajstić information content (AvgIpc) is 2.18. The molecule has 0 atom stereocenters. The summed E-state index contributed by atoms with van der Waals surface area (Å²) in [6, 6.07) is 4.95. The van der Waals surface area contributed by atoms with Crippen LogP contribution in [-0.4, -0.2) is 19.8 Å². The third-order valence-electron chi connectivity index (χ3n) is 1.85. The fourth-order valence-electron chi connectivity index (χ4n) is 1.07. The molecule has 77 valence electrons. The summed E-state index contributed by atoms with van der Waals surface area (Å²) < 4.78 is 10.5. The summed E-state index contributed by atoms with van der Waals surface area (Å²) in [4.78, 5) is 0. The van der Waals surface area contributed by atoms with Crippen molar-refractivity contribution in [1.29, 1.82) is 0 Å². The van der Waals surface area contributed by atoms with Gasteiger partial charge in [-0.3, -0.25) is 5.11 Å². The van der Waals surface area contributed by atoms with Crippen molar-refractivity contribution in [3.8, 4) is 11.5 Å². The van der Waals surface area contributed by atoms with Crippen LogP contribution in [0.2, 0.25) is 0 Å². The SMILES string of the molecule is CCOCCOc1ccc([O])c(C)c1. The number of ether oxygens (including phenoxy) is 2. The van der Waals surface area contributed by atoms with Gasteiger partial charge in [0.25, 0.3) is 0 Å². The van der Waals surface area contributed by atoms with Gasteiger partial charge in [-0.2, -0.15) is 0 Å². The monoisotopic (exact) mass is 195 g/mol. The maximum atomic E-state index is 11.1. The average molecular weight is 195 g/mol. The Balaban J connectivity index is 2.39. The van der Waals surface area contributed by atoms with Crippen molar-refractivity contribution in [1.82, 2.24) is 0 Å². The molecule has 1 aromatic carbocycles. The third-order valence-corrected chi connectivity index (χ3v) is 1.85. The lowest BCUT2D eigenvalue weighted by molar-refractivity contribution is 0.110. The number of hydrogen-bond acceptors (Lipinski definition) is 2.